The summed E-state index contributed by atoms with van der Waals surface area (Å²) >= 11 is 0. The fourth-order valence-corrected chi connectivity index (χ4v) is 0.908. The number of hydrogen-bond donors (Lipinski definition) is 1. The molecule has 78 valence electrons. The highest BCUT2D eigenvalue weighted by Gasteiger charge is 2.14. The van der Waals surface area contributed by atoms with Gasteiger partial charge in [-0.1, -0.05) is 0 Å². The normalized spacial score (nSPS) is 9.47. The van der Waals surface area contributed by atoms with E-state index in [4.69, 9.17) is 5.26 Å². The van der Waals surface area contributed by atoms with Gasteiger partial charge in [-0.05, 0) is 12.1 Å². The van der Waals surface area contributed by atoms with Crippen molar-refractivity contribution in [3.05, 3.63) is 35.1 Å². The zero-order chi connectivity index (χ0) is 11.4. The van der Waals surface area contributed by atoms with E-state index in [0.29, 0.717) is 12.1 Å². The van der Waals surface area contributed by atoms with E-state index >= 15 is 0 Å². The van der Waals surface area contributed by atoms with Gasteiger partial charge in [0, 0.05) is 5.56 Å². The van der Waals surface area contributed by atoms with E-state index < -0.39 is 23.4 Å². The molecule has 0 fully saturated rings. The van der Waals surface area contributed by atoms with Gasteiger partial charge in [-0.3, -0.25) is 4.79 Å². The van der Waals surface area contributed by atoms with Crippen LogP contribution in [0.1, 0.15) is 10.4 Å². The molecule has 1 rings (SSSR count). The van der Waals surface area contributed by atoms with Crippen molar-refractivity contribution >= 4 is 5.91 Å². The third-order valence-electron chi connectivity index (χ3n) is 1.57. The van der Waals surface area contributed by atoms with Gasteiger partial charge in [-0.15, -0.1) is 0 Å². The average Bonchev–Trinajstić information content (AvgIpc) is 2.21. The van der Waals surface area contributed by atoms with E-state index in [1.807, 2.05) is 0 Å². The van der Waals surface area contributed by atoms with Crippen LogP contribution in [0.3, 0.4) is 0 Å². The molecule has 1 aromatic carbocycles. The third-order valence-corrected chi connectivity index (χ3v) is 1.57. The molecule has 0 saturated heterocycles. The molecule has 0 saturated carbocycles. The highest BCUT2D eigenvalue weighted by Crippen LogP contribution is 2.13. The summed E-state index contributed by atoms with van der Waals surface area (Å²) in [6.07, 6.45) is 0. The molecule has 1 aromatic rings. The van der Waals surface area contributed by atoms with Crippen LogP contribution in [-0.2, 0) is 0 Å². The Hall–Kier alpha value is -2.03. The molecular formula is C9H5F3N2O. The highest BCUT2D eigenvalue weighted by atomic mass is 19.2. The lowest BCUT2D eigenvalue weighted by Crippen LogP contribution is -2.23. The van der Waals surface area contributed by atoms with E-state index in [2.05, 4.69) is 5.32 Å². The number of halogens is 3. The van der Waals surface area contributed by atoms with Crippen LogP contribution < -0.4 is 5.32 Å². The van der Waals surface area contributed by atoms with Crippen molar-refractivity contribution in [2.75, 3.05) is 6.54 Å². The summed E-state index contributed by atoms with van der Waals surface area (Å²) in [5.74, 6) is -5.37. The Morgan fingerprint density at radius 3 is 2.33 bits per heavy atom. The molecule has 0 spiro atoms. The van der Waals surface area contributed by atoms with E-state index in [-0.39, 0.29) is 12.1 Å². The molecule has 0 atom stereocenters. The minimum Gasteiger partial charge on any atom is -0.339 e. The Labute approximate surface area is 83.1 Å². The summed E-state index contributed by atoms with van der Waals surface area (Å²) in [5.41, 5.74) is -0.373. The van der Waals surface area contributed by atoms with Crippen LogP contribution in [0.25, 0.3) is 0 Å². The Morgan fingerprint density at radius 2 is 1.87 bits per heavy atom. The lowest BCUT2D eigenvalue weighted by Gasteiger charge is -2.02. The van der Waals surface area contributed by atoms with Crippen molar-refractivity contribution < 1.29 is 18.0 Å². The van der Waals surface area contributed by atoms with Gasteiger partial charge in [0.05, 0.1) is 6.07 Å². The first-order valence-corrected chi connectivity index (χ1v) is 3.86. The van der Waals surface area contributed by atoms with E-state index in [1.54, 1.807) is 6.07 Å². The number of nitrogens with one attached hydrogen (secondary N) is 1. The summed E-state index contributed by atoms with van der Waals surface area (Å²) in [7, 11) is 0. The van der Waals surface area contributed by atoms with Crippen molar-refractivity contribution in [3.8, 4) is 6.07 Å². The lowest BCUT2D eigenvalue weighted by atomic mass is 10.2. The van der Waals surface area contributed by atoms with Gasteiger partial charge in [0.15, 0.2) is 17.5 Å². The van der Waals surface area contributed by atoms with Crippen LogP contribution in [-0.4, -0.2) is 12.5 Å². The number of nitriles is 1. The van der Waals surface area contributed by atoms with Crippen molar-refractivity contribution in [1.29, 1.82) is 5.26 Å². The van der Waals surface area contributed by atoms with Gasteiger partial charge < -0.3 is 5.32 Å². The molecule has 0 aliphatic rings. The Kier molecular flexibility index (Phi) is 3.29. The molecule has 0 bridgehead atoms. The number of nitrogens with zero attached hydrogens (tertiary/aromatic N) is 1. The fraction of sp³-hybridized carbons (Fsp3) is 0.111. The maximum atomic E-state index is 12.7. The molecule has 0 aromatic heterocycles. The topological polar surface area (TPSA) is 52.9 Å². The number of carbonyl (C=O) groups is 1. The summed E-state index contributed by atoms with van der Waals surface area (Å²) in [4.78, 5) is 11.1. The Balaban J connectivity index is 2.97. The summed E-state index contributed by atoms with van der Waals surface area (Å²) in [6.45, 7) is -0.292. The molecule has 6 heteroatoms. The standard InChI is InChI=1S/C9H5F3N2O/c10-6-3-5(4-7(11)8(6)12)9(15)14-2-1-13/h3-4H,2H2,(H,14,15). The second-order valence-corrected chi connectivity index (χ2v) is 2.59. The maximum absolute atomic E-state index is 12.7. The number of carbonyl (C=O) groups excluding carboxylic acids is 1. The van der Waals surface area contributed by atoms with Gasteiger partial charge >= 0.3 is 0 Å². The molecular weight excluding hydrogens is 209 g/mol. The minimum atomic E-state index is -1.63. The first-order chi connectivity index (χ1) is 7.06. The molecule has 0 aliphatic heterocycles. The van der Waals surface area contributed by atoms with Crippen LogP contribution in [0.15, 0.2) is 12.1 Å². The fourth-order valence-electron chi connectivity index (χ4n) is 0.908. The van der Waals surface area contributed by atoms with Crippen molar-refractivity contribution in [1.82, 2.24) is 5.32 Å². The molecule has 1 N–H and O–H groups in total. The average molecular weight is 214 g/mol. The molecule has 1 amide bonds. The number of amides is 1. The predicted molar refractivity (Wildman–Crippen MR) is 44.3 cm³/mol. The SMILES string of the molecule is N#CCNC(=O)c1cc(F)c(F)c(F)c1. The lowest BCUT2D eigenvalue weighted by molar-refractivity contribution is 0.0957. The monoisotopic (exact) mass is 214 g/mol. The summed E-state index contributed by atoms with van der Waals surface area (Å²) in [5, 5.41) is 10.2. The van der Waals surface area contributed by atoms with Gasteiger partial charge in [-0.25, -0.2) is 13.2 Å². The molecule has 0 aliphatic carbocycles. The quantitative estimate of drug-likeness (QED) is 0.596. The highest BCUT2D eigenvalue weighted by molar-refractivity contribution is 5.94. The second-order valence-electron chi connectivity index (χ2n) is 2.59. The van der Waals surface area contributed by atoms with Gasteiger partial charge in [0.1, 0.15) is 6.54 Å². The zero-order valence-electron chi connectivity index (χ0n) is 7.35. The maximum Gasteiger partial charge on any atom is 0.252 e. The molecule has 3 nitrogen and oxygen atoms in total. The Bertz CT molecular complexity index is 416. The first-order valence-electron chi connectivity index (χ1n) is 3.86. The van der Waals surface area contributed by atoms with Gasteiger partial charge in [0.25, 0.3) is 5.91 Å². The van der Waals surface area contributed by atoms with Crippen LogP contribution in [0, 0.1) is 28.8 Å². The van der Waals surface area contributed by atoms with E-state index in [9.17, 15) is 18.0 Å². The van der Waals surface area contributed by atoms with Crippen LogP contribution in [0.4, 0.5) is 13.2 Å². The van der Waals surface area contributed by atoms with Crippen LogP contribution in [0.2, 0.25) is 0 Å². The smallest absolute Gasteiger partial charge is 0.252 e. The van der Waals surface area contributed by atoms with Crippen molar-refractivity contribution in [2.45, 2.75) is 0 Å². The van der Waals surface area contributed by atoms with Gasteiger partial charge in [0.2, 0.25) is 0 Å². The zero-order valence-corrected chi connectivity index (χ0v) is 7.35. The number of benzene rings is 1. The van der Waals surface area contributed by atoms with E-state index in [0.717, 1.165) is 0 Å². The predicted octanol–water partition coefficient (Wildman–Crippen LogP) is 1.36. The largest absolute Gasteiger partial charge is 0.339 e. The van der Waals surface area contributed by atoms with Crippen molar-refractivity contribution in [3.63, 3.8) is 0 Å². The summed E-state index contributed by atoms with van der Waals surface area (Å²) in [6, 6.07) is 2.74. The number of rotatable bonds is 2. The van der Waals surface area contributed by atoms with E-state index in [1.165, 1.54) is 0 Å². The first kappa shape index (κ1) is 11.0. The van der Waals surface area contributed by atoms with Gasteiger partial charge in [-0.2, -0.15) is 5.26 Å². The minimum absolute atomic E-state index is 0.292. The molecule has 0 unspecified atom stereocenters. The molecule has 0 heterocycles. The third kappa shape index (κ3) is 2.47. The van der Waals surface area contributed by atoms with Crippen LogP contribution >= 0.6 is 0 Å². The summed E-state index contributed by atoms with van der Waals surface area (Å²) < 4.78 is 37.8. The Morgan fingerprint density at radius 1 is 1.33 bits per heavy atom. The molecule has 15 heavy (non-hydrogen) atoms. The molecule has 0 radical (unpaired) electrons. The van der Waals surface area contributed by atoms with Crippen molar-refractivity contribution in [2.24, 2.45) is 0 Å². The second kappa shape index (κ2) is 4.46. The number of hydrogen-bond acceptors (Lipinski definition) is 2. The van der Waals surface area contributed by atoms with Crippen LogP contribution in [0.5, 0.6) is 0 Å².